The molecular weight excluding hydrogens is 232 g/mol. The van der Waals surface area contributed by atoms with Crippen molar-refractivity contribution in [2.45, 2.75) is 0 Å². The average molecular weight is 244 g/mol. The first kappa shape index (κ1) is 10.1. The van der Waals surface area contributed by atoms with Gasteiger partial charge in [0.05, 0.1) is 23.4 Å². The third kappa shape index (κ3) is 2.50. The van der Waals surface area contributed by atoms with Gasteiger partial charge in [-0.1, -0.05) is 0 Å². The molecule has 0 atom stereocenters. The molecule has 0 bridgehead atoms. The zero-order valence-electron chi connectivity index (χ0n) is 7.58. The molecule has 0 saturated carbocycles. The summed E-state index contributed by atoms with van der Waals surface area (Å²) in [7, 11) is 3.75. The summed E-state index contributed by atoms with van der Waals surface area (Å²) in [6.07, 6.45) is 5.33. The van der Waals surface area contributed by atoms with E-state index in [1.54, 1.807) is 10.9 Å². The number of nitrogens with two attached hydrogens (primary N) is 1. The summed E-state index contributed by atoms with van der Waals surface area (Å²) in [5, 5.41) is 13.6. The van der Waals surface area contributed by atoms with Gasteiger partial charge in [-0.25, -0.2) is 0 Å². The Balaban J connectivity index is 2.85. The van der Waals surface area contributed by atoms with Gasteiger partial charge in [0.2, 0.25) is 0 Å². The molecule has 3 N–H and O–H groups in total. The van der Waals surface area contributed by atoms with Crippen molar-refractivity contribution in [1.29, 1.82) is 5.41 Å². The summed E-state index contributed by atoms with van der Waals surface area (Å²) in [5.41, 5.74) is 1.26. The van der Waals surface area contributed by atoms with Crippen LogP contribution in [-0.4, -0.2) is 22.5 Å². The second kappa shape index (κ2) is 4.34. The topological polar surface area (TPSA) is 58.3 Å². The third-order valence-electron chi connectivity index (χ3n) is 1.55. The fourth-order valence-electron chi connectivity index (χ4n) is 0.918. The van der Waals surface area contributed by atoms with Crippen molar-refractivity contribution in [2.75, 3.05) is 7.05 Å². The van der Waals surface area contributed by atoms with E-state index in [0.717, 1.165) is 10.0 Å². The molecule has 70 valence electrons. The van der Waals surface area contributed by atoms with E-state index in [4.69, 9.17) is 5.41 Å². The first-order valence-electron chi connectivity index (χ1n) is 3.88. The van der Waals surface area contributed by atoms with Crippen molar-refractivity contribution in [3.63, 3.8) is 0 Å². The van der Waals surface area contributed by atoms with Gasteiger partial charge in [-0.2, -0.15) is 5.10 Å². The van der Waals surface area contributed by atoms with Crippen LogP contribution in [0, 0.1) is 5.41 Å². The Kier molecular flexibility index (Phi) is 3.39. The zero-order chi connectivity index (χ0) is 9.84. The quantitative estimate of drug-likeness (QED) is 0.734. The molecule has 1 aromatic rings. The smallest absolute Gasteiger partial charge is 0.109 e. The predicted octanol–water partition coefficient (Wildman–Crippen LogP) is 0.217. The van der Waals surface area contributed by atoms with E-state index < -0.39 is 0 Å². The summed E-state index contributed by atoms with van der Waals surface area (Å²) in [4.78, 5) is 0. The van der Waals surface area contributed by atoms with Gasteiger partial charge in [0, 0.05) is 18.8 Å². The molecule has 0 aliphatic rings. The van der Waals surface area contributed by atoms with Crippen LogP contribution < -0.4 is 5.32 Å². The van der Waals surface area contributed by atoms with Gasteiger partial charge in [0.25, 0.3) is 0 Å². The zero-order valence-corrected chi connectivity index (χ0v) is 9.17. The van der Waals surface area contributed by atoms with E-state index in [-0.39, 0.29) is 0 Å². The lowest BCUT2D eigenvalue weighted by molar-refractivity contribution is -0.556. The molecule has 0 aliphatic carbocycles. The number of quaternary nitrogens is 1. The highest BCUT2D eigenvalue weighted by atomic mass is 79.9. The lowest BCUT2D eigenvalue weighted by Crippen LogP contribution is -2.73. The first-order chi connectivity index (χ1) is 6.15. The largest absolute Gasteiger partial charge is 0.321 e. The van der Waals surface area contributed by atoms with Crippen LogP contribution in [0.15, 0.2) is 23.1 Å². The maximum absolute atomic E-state index is 7.76. The second-order valence-corrected chi connectivity index (χ2v) is 3.48. The van der Waals surface area contributed by atoms with Gasteiger partial charge in [-0.3, -0.25) is 10.1 Å². The Labute approximate surface area is 85.3 Å². The number of aryl methyl sites for hydroxylation is 1. The van der Waals surface area contributed by atoms with Crippen LogP contribution in [-0.2, 0) is 7.05 Å². The molecule has 0 radical (unpaired) electrons. The fourth-order valence-corrected chi connectivity index (χ4v) is 1.41. The summed E-state index contributed by atoms with van der Waals surface area (Å²) in [6, 6.07) is 0. The fraction of sp³-hybridized carbons (Fsp3) is 0.250. The minimum absolute atomic E-state index is 0.450. The highest BCUT2D eigenvalue weighted by Crippen LogP contribution is 2.11. The molecule has 0 saturated heterocycles. The molecule has 0 aliphatic heterocycles. The molecule has 0 amide bonds. The van der Waals surface area contributed by atoms with Crippen molar-refractivity contribution < 1.29 is 5.32 Å². The Bertz CT molecular complexity index is 340. The first-order valence-corrected chi connectivity index (χ1v) is 4.67. The molecule has 4 nitrogen and oxygen atoms in total. The second-order valence-electron chi connectivity index (χ2n) is 2.63. The number of hydrogen-bond donors (Lipinski definition) is 2. The molecule has 0 unspecified atom stereocenters. The van der Waals surface area contributed by atoms with Crippen LogP contribution in [0.5, 0.6) is 0 Å². The Morgan fingerprint density at radius 1 is 1.77 bits per heavy atom. The van der Waals surface area contributed by atoms with Crippen LogP contribution in [0.2, 0.25) is 0 Å². The molecule has 1 aromatic heterocycles. The van der Waals surface area contributed by atoms with E-state index in [0.29, 0.717) is 5.71 Å². The molecule has 0 spiro atoms. The van der Waals surface area contributed by atoms with Gasteiger partial charge < -0.3 is 5.32 Å². The Morgan fingerprint density at radius 2 is 2.46 bits per heavy atom. The minimum Gasteiger partial charge on any atom is -0.321 e. The van der Waals surface area contributed by atoms with Crippen molar-refractivity contribution in [1.82, 2.24) is 9.78 Å². The summed E-state index contributed by atoms with van der Waals surface area (Å²) in [6.45, 7) is 0. The van der Waals surface area contributed by atoms with Crippen molar-refractivity contribution in [2.24, 2.45) is 7.05 Å². The summed E-state index contributed by atoms with van der Waals surface area (Å²) >= 11 is 3.32. The lowest BCUT2D eigenvalue weighted by atomic mass is 10.2. The summed E-state index contributed by atoms with van der Waals surface area (Å²) in [5.74, 6) is 0. The molecular formula is C8H12BrN4+. The SMILES string of the molecule is C[NH2+]/C=C(/Br)C(=N)c1cnn(C)c1. The minimum atomic E-state index is 0.450. The maximum atomic E-state index is 7.76. The van der Waals surface area contributed by atoms with Crippen LogP contribution in [0.3, 0.4) is 0 Å². The van der Waals surface area contributed by atoms with E-state index >= 15 is 0 Å². The van der Waals surface area contributed by atoms with Crippen LogP contribution in [0.1, 0.15) is 5.56 Å². The normalized spacial score (nSPS) is 11.8. The standard InChI is InChI=1S/C8H11BrN4/c1-11-4-7(9)8(10)6-3-12-13(2)5-6/h3-5,10-11H,1-2H3/p+1/b7-4+,10-8?. The molecule has 1 rings (SSSR count). The van der Waals surface area contributed by atoms with Crippen LogP contribution >= 0.6 is 15.9 Å². The van der Waals surface area contributed by atoms with Crippen LogP contribution in [0.25, 0.3) is 0 Å². The van der Waals surface area contributed by atoms with Crippen LogP contribution in [0.4, 0.5) is 0 Å². The van der Waals surface area contributed by atoms with Crippen molar-refractivity contribution in [3.05, 3.63) is 28.6 Å². The Morgan fingerprint density at radius 3 is 2.92 bits per heavy atom. The third-order valence-corrected chi connectivity index (χ3v) is 2.21. The number of hydrogen-bond acceptors (Lipinski definition) is 2. The molecule has 0 aromatic carbocycles. The Hall–Kier alpha value is -0.940. The van der Waals surface area contributed by atoms with Gasteiger partial charge >= 0.3 is 0 Å². The highest BCUT2D eigenvalue weighted by Gasteiger charge is 2.07. The molecule has 13 heavy (non-hydrogen) atoms. The van der Waals surface area contributed by atoms with E-state index in [1.165, 1.54) is 0 Å². The molecule has 1 heterocycles. The average Bonchev–Trinajstić information content (AvgIpc) is 2.51. The van der Waals surface area contributed by atoms with Gasteiger partial charge in [-0.15, -0.1) is 0 Å². The number of nitrogens with one attached hydrogen (secondary N) is 1. The van der Waals surface area contributed by atoms with Gasteiger partial charge in [-0.05, 0) is 15.9 Å². The van der Waals surface area contributed by atoms with Gasteiger partial charge in [0.15, 0.2) is 0 Å². The predicted molar refractivity (Wildman–Crippen MR) is 54.9 cm³/mol. The van der Waals surface area contributed by atoms with Crippen molar-refractivity contribution >= 4 is 21.6 Å². The monoisotopic (exact) mass is 243 g/mol. The van der Waals surface area contributed by atoms with Crippen molar-refractivity contribution in [3.8, 4) is 0 Å². The van der Waals surface area contributed by atoms with E-state index in [9.17, 15) is 0 Å². The number of allylic oxidation sites excluding steroid dienone is 1. The summed E-state index contributed by atoms with van der Waals surface area (Å²) < 4.78 is 2.45. The highest BCUT2D eigenvalue weighted by molar-refractivity contribution is 9.12. The van der Waals surface area contributed by atoms with E-state index in [2.05, 4.69) is 21.0 Å². The number of nitrogens with zero attached hydrogens (tertiary/aromatic N) is 2. The van der Waals surface area contributed by atoms with Gasteiger partial charge in [0.1, 0.15) is 6.20 Å². The number of rotatable bonds is 3. The maximum Gasteiger partial charge on any atom is 0.109 e. The number of halogens is 1. The molecule has 0 fully saturated rings. The number of aromatic nitrogens is 2. The molecule has 5 heteroatoms. The lowest BCUT2D eigenvalue weighted by Gasteiger charge is -1.95. The van der Waals surface area contributed by atoms with E-state index in [1.807, 2.05) is 31.8 Å².